The molecule has 0 atom stereocenters. The molecular formula is C20H23FN2O3S. The third-order valence-corrected chi connectivity index (χ3v) is 5.94. The standard InChI is InChI=1S/C20H23FN2O3S/c1-4-26-15-6-8-16(9-7-15)27(24,25)23-13-20(2,3)18-12-22-19-10-5-14(21)11-17(18)19/h5-12,22-23H,4,13H2,1-3H3. The van der Waals surface area contributed by atoms with Crippen LogP contribution in [0, 0.1) is 5.82 Å². The van der Waals surface area contributed by atoms with Crippen molar-refractivity contribution in [3.8, 4) is 5.75 Å². The van der Waals surface area contributed by atoms with Crippen molar-refractivity contribution >= 4 is 20.9 Å². The van der Waals surface area contributed by atoms with Gasteiger partial charge in [-0.05, 0) is 55.0 Å². The van der Waals surface area contributed by atoms with Gasteiger partial charge in [0.1, 0.15) is 11.6 Å². The molecule has 0 spiro atoms. The van der Waals surface area contributed by atoms with Gasteiger partial charge < -0.3 is 9.72 Å². The molecular weight excluding hydrogens is 367 g/mol. The van der Waals surface area contributed by atoms with Crippen LogP contribution in [0.4, 0.5) is 4.39 Å². The highest BCUT2D eigenvalue weighted by atomic mass is 32.2. The van der Waals surface area contributed by atoms with Crippen LogP contribution in [-0.2, 0) is 15.4 Å². The van der Waals surface area contributed by atoms with Crippen LogP contribution in [0.15, 0.2) is 53.6 Å². The summed E-state index contributed by atoms with van der Waals surface area (Å²) >= 11 is 0. The Hall–Kier alpha value is -2.38. The van der Waals surface area contributed by atoms with E-state index in [1.165, 1.54) is 24.3 Å². The Morgan fingerprint density at radius 1 is 1.15 bits per heavy atom. The van der Waals surface area contributed by atoms with Crippen molar-refractivity contribution in [1.82, 2.24) is 9.71 Å². The number of nitrogens with one attached hydrogen (secondary N) is 2. The molecule has 144 valence electrons. The van der Waals surface area contributed by atoms with Crippen molar-refractivity contribution < 1.29 is 17.5 Å². The average Bonchev–Trinajstić information content (AvgIpc) is 3.05. The summed E-state index contributed by atoms with van der Waals surface area (Å²) < 4.78 is 46.9. The second-order valence-corrected chi connectivity index (χ2v) is 8.77. The number of ether oxygens (including phenoxy) is 1. The number of H-pyrrole nitrogens is 1. The lowest BCUT2D eigenvalue weighted by atomic mass is 9.85. The minimum Gasteiger partial charge on any atom is -0.494 e. The number of aromatic amines is 1. The summed E-state index contributed by atoms with van der Waals surface area (Å²) in [6, 6.07) is 10.8. The van der Waals surface area contributed by atoms with Crippen LogP contribution in [0.3, 0.4) is 0 Å². The summed E-state index contributed by atoms with van der Waals surface area (Å²) in [6.45, 7) is 6.39. The molecule has 7 heteroatoms. The summed E-state index contributed by atoms with van der Waals surface area (Å²) in [5.41, 5.74) is 1.13. The summed E-state index contributed by atoms with van der Waals surface area (Å²) in [5, 5.41) is 0.750. The van der Waals surface area contributed by atoms with E-state index in [1.807, 2.05) is 20.8 Å². The first-order valence-corrected chi connectivity index (χ1v) is 10.2. The summed E-state index contributed by atoms with van der Waals surface area (Å²) in [7, 11) is -3.67. The lowest BCUT2D eigenvalue weighted by molar-refractivity contribution is 0.340. The first kappa shape index (κ1) is 19.4. The third kappa shape index (κ3) is 4.14. The zero-order valence-electron chi connectivity index (χ0n) is 15.5. The number of halogens is 1. The van der Waals surface area contributed by atoms with Crippen LogP contribution >= 0.6 is 0 Å². The molecule has 3 rings (SSSR count). The van der Waals surface area contributed by atoms with Gasteiger partial charge in [0.15, 0.2) is 0 Å². The summed E-state index contributed by atoms with van der Waals surface area (Å²) in [5.74, 6) is 0.298. The van der Waals surface area contributed by atoms with Crippen molar-refractivity contribution in [2.45, 2.75) is 31.1 Å². The molecule has 5 nitrogen and oxygen atoms in total. The maximum Gasteiger partial charge on any atom is 0.240 e. The Balaban J connectivity index is 1.80. The van der Waals surface area contributed by atoms with Gasteiger partial charge in [0.25, 0.3) is 0 Å². The number of benzene rings is 2. The van der Waals surface area contributed by atoms with Crippen molar-refractivity contribution in [2.75, 3.05) is 13.2 Å². The lowest BCUT2D eigenvalue weighted by Crippen LogP contribution is -2.36. The van der Waals surface area contributed by atoms with Crippen LogP contribution in [0.5, 0.6) is 5.75 Å². The molecule has 2 N–H and O–H groups in total. The van der Waals surface area contributed by atoms with Crippen molar-refractivity contribution in [1.29, 1.82) is 0 Å². The number of hydrogen-bond donors (Lipinski definition) is 2. The van der Waals surface area contributed by atoms with Gasteiger partial charge in [0, 0.05) is 29.1 Å². The fourth-order valence-electron chi connectivity index (χ4n) is 2.99. The first-order valence-electron chi connectivity index (χ1n) is 8.72. The Morgan fingerprint density at radius 2 is 1.85 bits per heavy atom. The van der Waals surface area contributed by atoms with E-state index in [1.54, 1.807) is 24.4 Å². The zero-order chi connectivity index (χ0) is 19.7. The topological polar surface area (TPSA) is 71.2 Å². The first-order chi connectivity index (χ1) is 12.7. The number of sulfonamides is 1. The van der Waals surface area contributed by atoms with E-state index in [9.17, 15) is 12.8 Å². The molecule has 1 aromatic heterocycles. The van der Waals surface area contributed by atoms with Crippen LogP contribution < -0.4 is 9.46 Å². The second-order valence-electron chi connectivity index (χ2n) is 7.01. The summed E-state index contributed by atoms with van der Waals surface area (Å²) in [4.78, 5) is 3.28. The Bertz CT molecular complexity index is 1040. The van der Waals surface area contributed by atoms with Gasteiger partial charge in [-0.2, -0.15) is 0 Å². The molecule has 0 fully saturated rings. The van der Waals surface area contributed by atoms with Gasteiger partial charge in [-0.1, -0.05) is 13.8 Å². The molecule has 0 aliphatic heterocycles. The van der Waals surface area contributed by atoms with Gasteiger partial charge in [0.2, 0.25) is 10.0 Å². The number of hydrogen-bond acceptors (Lipinski definition) is 3. The fourth-order valence-corrected chi connectivity index (χ4v) is 4.20. The molecule has 0 aliphatic rings. The van der Waals surface area contributed by atoms with E-state index in [4.69, 9.17) is 4.74 Å². The van der Waals surface area contributed by atoms with Crippen molar-refractivity contribution in [3.63, 3.8) is 0 Å². The van der Waals surface area contributed by atoms with Gasteiger partial charge in [0.05, 0.1) is 11.5 Å². The highest BCUT2D eigenvalue weighted by Crippen LogP contribution is 2.31. The Kier molecular flexibility index (Phi) is 5.26. The fraction of sp³-hybridized carbons (Fsp3) is 0.300. The Labute approximate surface area is 158 Å². The predicted molar refractivity (Wildman–Crippen MR) is 104 cm³/mol. The monoisotopic (exact) mass is 390 g/mol. The molecule has 2 aromatic carbocycles. The lowest BCUT2D eigenvalue weighted by Gasteiger charge is -2.25. The van der Waals surface area contributed by atoms with E-state index in [-0.39, 0.29) is 17.3 Å². The number of fused-ring (bicyclic) bond motifs is 1. The van der Waals surface area contributed by atoms with Crippen LogP contribution in [0.2, 0.25) is 0 Å². The molecule has 27 heavy (non-hydrogen) atoms. The van der Waals surface area contributed by atoms with Gasteiger partial charge >= 0.3 is 0 Å². The molecule has 0 bridgehead atoms. The maximum atomic E-state index is 13.6. The minimum absolute atomic E-state index is 0.173. The van der Waals surface area contributed by atoms with E-state index >= 15 is 0 Å². The third-order valence-electron chi connectivity index (χ3n) is 4.52. The predicted octanol–water partition coefficient (Wildman–Crippen LogP) is 3.96. The normalized spacial score (nSPS) is 12.4. The largest absolute Gasteiger partial charge is 0.494 e. The number of aromatic nitrogens is 1. The van der Waals surface area contributed by atoms with Crippen molar-refractivity contribution in [3.05, 3.63) is 60.0 Å². The van der Waals surface area contributed by atoms with Crippen LogP contribution in [0.25, 0.3) is 10.9 Å². The smallest absolute Gasteiger partial charge is 0.240 e. The minimum atomic E-state index is -3.67. The quantitative estimate of drug-likeness (QED) is 0.641. The number of rotatable bonds is 7. The van der Waals surface area contributed by atoms with Crippen LogP contribution in [-0.4, -0.2) is 26.6 Å². The molecule has 0 radical (unpaired) electrons. The highest BCUT2D eigenvalue weighted by Gasteiger charge is 2.27. The highest BCUT2D eigenvalue weighted by molar-refractivity contribution is 7.89. The van der Waals surface area contributed by atoms with E-state index in [2.05, 4.69) is 9.71 Å². The zero-order valence-corrected chi connectivity index (χ0v) is 16.4. The SMILES string of the molecule is CCOc1ccc(S(=O)(=O)NCC(C)(C)c2c[nH]c3ccc(F)cc23)cc1. The molecule has 1 heterocycles. The molecule has 0 aliphatic carbocycles. The van der Waals surface area contributed by atoms with E-state index < -0.39 is 15.4 Å². The average molecular weight is 390 g/mol. The van der Waals surface area contributed by atoms with Crippen molar-refractivity contribution in [2.24, 2.45) is 0 Å². The molecule has 0 unspecified atom stereocenters. The molecule has 0 amide bonds. The maximum absolute atomic E-state index is 13.6. The van der Waals surface area contributed by atoms with E-state index in [0.717, 1.165) is 16.5 Å². The van der Waals surface area contributed by atoms with Gasteiger partial charge in [-0.25, -0.2) is 17.5 Å². The molecule has 0 saturated heterocycles. The molecule has 3 aromatic rings. The van der Waals surface area contributed by atoms with E-state index in [0.29, 0.717) is 12.4 Å². The second kappa shape index (κ2) is 7.32. The van der Waals surface area contributed by atoms with Gasteiger partial charge in [-0.3, -0.25) is 0 Å². The van der Waals surface area contributed by atoms with Crippen LogP contribution in [0.1, 0.15) is 26.3 Å². The van der Waals surface area contributed by atoms with Gasteiger partial charge in [-0.15, -0.1) is 0 Å². The Morgan fingerprint density at radius 3 is 2.52 bits per heavy atom. The molecule has 0 saturated carbocycles. The summed E-state index contributed by atoms with van der Waals surface area (Å²) in [6.07, 6.45) is 1.80.